The van der Waals surface area contributed by atoms with Crippen LogP contribution in [-0.2, 0) is 0 Å². The van der Waals surface area contributed by atoms with Crippen molar-refractivity contribution in [3.8, 4) is 0 Å². The molecule has 1 atom stereocenters. The Morgan fingerprint density at radius 3 is 2.79 bits per heavy atom. The maximum Gasteiger partial charge on any atom is 0.140 e. The molecule has 0 aromatic carbocycles. The van der Waals surface area contributed by atoms with E-state index in [2.05, 4.69) is 22.4 Å². The number of fused-ring (bicyclic) bond motifs is 1. The molecule has 0 fully saturated rings. The molecule has 2 rings (SSSR count). The van der Waals surface area contributed by atoms with E-state index >= 15 is 0 Å². The van der Waals surface area contributed by atoms with E-state index in [4.69, 9.17) is 5.73 Å². The van der Waals surface area contributed by atoms with Crippen LogP contribution >= 0.6 is 0 Å². The standard InChI is InChI=1S/C11H15N3/c1-7-5-4-6-14-10(8(2)12)9(3)13-11(7)14/h4-6,8H,12H2,1-3H3. The molecule has 3 nitrogen and oxygen atoms in total. The smallest absolute Gasteiger partial charge is 0.140 e. The summed E-state index contributed by atoms with van der Waals surface area (Å²) in [5.74, 6) is 0. The number of nitrogens with zero attached hydrogens (tertiary/aromatic N) is 2. The van der Waals surface area contributed by atoms with Crippen molar-refractivity contribution in [1.29, 1.82) is 0 Å². The summed E-state index contributed by atoms with van der Waals surface area (Å²) in [6.07, 6.45) is 2.01. The minimum Gasteiger partial charge on any atom is -0.323 e. The van der Waals surface area contributed by atoms with E-state index in [9.17, 15) is 0 Å². The van der Waals surface area contributed by atoms with Gasteiger partial charge in [0.25, 0.3) is 0 Å². The topological polar surface area (TPSA) is 43.3 Å². The molecular formula is C11H15N3. The summed E-state index contributed by atoms with van der Waals surface area (Å²) in [5, 5.41) is 0. The van der Waals surface area contributed by atoms with E-state index in [-0.39, 0.29) is 6.04 Å². The van der Waals surface area contributed by atoms with Crippen LogP contribution < -0.4 is 5.73 Å². The molecule has 2 heterocycles. The summed E-state index contributed by atoms with van der Waals surface area (Å²) >= 11 is 0. The molecule has 0 spiro atoms. The Morgan fingerprint density at radius 2 is 2.14 bits per heavy atom. The molecule has 14 heavy (non-hydrogen) atoms. The summed E-state index contributed by atoms with van der Waals surface area (Å²) in [6, 6.07) is 4.11. The van der Waals surface area contributed by atoms with Gasteiger partial charge in [0.2, 0.25) is 0 Å². The van der Waals surface area contributed by atoms with Crippen molar-refractivity contribution in [2.45, 2.75) is 26.8 Å². The van der Waals surface area contributed by atoms with Gasteiger partial charge in [-0.25, -0.2) is 4.98 Å². The van der Waals surface area contributed by atoms with Gasteiger partial charge in [0.05, 0.1) is 11.4 Å². The maximum absolute atomic E-state index is 5.91. The van der Waals surface area contributed by atoms with Gasteiger partial charge in [0.1, 0.15) is 5.65 Å². The lowest BCUT2D eigenvalue weighted by atomic mass is 10.2. The Balaban J connectivity index is 2.83. The molecule has 0 saturated carbocycles. The van der Waals surface area contributed by atoms with Crippen molar-refractivity contribution in [1.82, 2.24) is 9.38 Å². The van der Waals surface area contributed by atoms with E-state index in [0.717, 1.165) is 17.0 Å². The van der Waals surface area contributed by atoms with Crippen molar-refractivity contribution in [2.24, 2.45) is 5.73 Å². The molecule has 0 bridgehead atoms. The maximum atomic E-state index is 5.91. The van der Waals surface area contributed by atoms with E-state index in [1.807, 2.05) is 26.1 Å². The van der Waals surface area contributed by atoms with Gasteiger partial charge in [0, 0.05) is 12.2 Å². The third-order valence-electron chi connectivity index (χ3n) is 2.50. The second-order valence-corrected chi connectivity index (χ2v) is 3.76. The first-order valence-corrected chi connectivity index (χ1v) is 4.81. The molecule has 2 N–H and O–H groups in total. The number of rotatable bonds is 1. The normalized spacial score (nSPS) is 13.4. The van der Waals surface area contributed by atoms with Crippen molar-refractivity contribution < 1.29 is 0 Å². The summed E-state index contributed by atoms with van der Waals surface area (Å²) in [6.45, 7) is 6.05. The Morgan fingerprint density at radius 1 is 1.43 bits per heavy atom. The fourth-order valence-electron chi connectivity index (χ4n) is 1.88. The van der Waals surface area contributed by atoms with Crippen LogP contribution in [0.2, 0.25) is 0 Å². The van der Waals surface area contributed by atoms with Gasteiger partial charge in [-0.3, -0.25) is 0 Å². The first-order valence-electron chi connectivity index (χ1n) is 4.81. The molecule has 0 aliphatic rings. The SMILES string of the molecule is Cc1nc2c(C)cccn2c1C(C)N. The Labute approximate surface area is 83.6 Å². The van der Waals surface area contributed by atoms with Crippen LogP contribution in [0.5, 0.6) is 0 Å². The highest BCUT2D eigenvalue weighted by Gasteiger charge is 2.12. The molecule has 3 heteroatoms. The molecular weight excluding hydrogens is 174 g/mol. The van der Waals surface area contributed by atoms with Gasteiger partial charge < -0.3 is 10.1 Å². The molecule has 74 valence electrons. The molecule has 2 aromatic heterocycles. The molecule has 0 aliphatic carbocycles. The summed E-state index contributed by atoms with van der Waals surface area (Å²) in [7, 11) is 0. The van der Waals surface area contributed by atoms with Crippen molar-refractivity contribution >= 4 is 5.65 Å². The van der Waals surface area contributed by atoms with Crippen molar-refractivity contribution in [2.75, 3.05) is 0 Å². The van der Waals surface area contributed by atoms with E-state index in [1.165, 1.54) is 5.56 Å². The largest absolute Gasteiger partial charge is 0.323 e. The summed E-state index contributed by atoms with van der Waals surface area (Å²) in [4.78, 5) is 4.52. The first-order chi connectivity index (χ1) is 6.61. The van der Waals surface area contributed by atoms with E-state index in [1.54, 1.807) is 0 Å². The lowest BCUT2D eigenvalue weighted by molar-refractivity contribution is 0.761. The number of imidazole rings is 1. The van der Waals surface area contributed by atoms with Crippen LogP contribution in [-0.4, -0.2) is 9.38 Å². The molecule has 0 saturated heterocycles. The van der Waals surface area contributed by atoms with E-state index in [0.29, 0.717) is 0 Å². The fraction of sp³-hybridized carbons (Fsp3) is 0.364. The molecule has 0 radical (unpaired) electrons. The minimum absolute atomic E-state index is 0.0202. The number of aryl methyl sites for hydroxylation is 2. The third-order valence-corrected chi connectivity index (χ3v) is 2.50. The van der Waals surface area contributed by atoms with Gasteiger partial charge in [-0.05, 0) is 32.4 Å². The van der Waals surface area contributed by atoms with Crippen LogP contribution in [0.4, 0.5) is 0 Å². The second kappa shape index (κ2) is 3.10. The van der Waals surface area contributed by atoms with Gasteiger partial charge >= 0.3 is 0 Å². The van der Waals surface area contributed by atoms with E-state index < -0.39 is 0 Å². The minimum atomic E-state index is 0.0202. The highest BCUT2D eigenvalue weighted by atomic mass is 15.0. The van der Waals surface area contributed by atoms with Crippen LogP contribution in [0, 0.1) is 13.8 Å². The van der Waals surface area contributed by atoms with Gasteiger partial charge in [-0.1, -0.05) is 6.07 Å². The number of hydrogen-bond donors (Lipinski definition) is 1. The average Bonchev–Trinajstić information content (AvgIpc) is 2.42. The predicted molar refractivity (Wildman–Crippen MR) is 57.3 cm³/mol. The van der Waals surface area contributed by atoms with Gasteiger partial charge in [-0.15, -0.1) is 0 Å². The lowest BCUT2D eigenvalue weighted by Crippen LogP contribution is -2.09. The molecule has 2 aromatic rings. The molecule has 0 amide bonds. The van der Waals surface area contributed by atoms with Crippen molar-refractivity contribution in [3.05, 3.63) is 35.3 Å². The Hall–Kier alpha value is -1.35. The summed E-state index contributed by atoms with van der Waals surface area (Å²) in [5.41, 5.74) is 10.2. The van der Waals surface area contributed by atoms with Crippen LogP contribution in [0.25, 0.3) is 5.65 Å². The number of aromatic nitrogens is 2. The van der Waals surface area contributed by atoms with Gasteiger partial charge in [-0.2, -0.15) is 0 Å². The predicted octanol–water partition coefficient (Wildman–Crippen LogP) is 1.97. The highest BCUT2D eigenvalue weighted by molar-refractivity contribution is 5.50. The number of nitrogens with two attached hydrogens (primary N) is 1. The van der Waals surface area contributed by atoms with Crippen LogP contribution in [0.3, 0.4) is 0 Å². The quantitative estimate of drug-likeness (QED) is 0.745. The average molecular weight is 189 g/mol. The monoisotopic (exact) mass is 189 g/mol. The Bertz CT molecular complexity index is 469. The molecule has 1 unspecified atom stereocenters. The molecule has 0 aliphatic heterocycles. The van der Waals surface area contributed by atoms with Crippen molar-refractivity contribution in [3.63, 3.8) is 0 Å². The number of pyridine rings is 1. The second-order valence-electron chi connectivity index (χ2n) is 3.76. The first kappa shape index (κ1) is 9.21. The fourth-order valence-corrected chi connectivity index (χ4v) is 1.88. The number of hydrogen-bond acceptors (Lipinski definition) is 2. The van der Waals surface area contributed by atoms with Crippen LogP contribution in [0.15, 0.2) is 18.3 Å². The Kier molecular flexibility index (Phi) is 2.04. The summed E-state index contributed by atoms with van der Waals surface area (Å²) < 4.78 is 2.08. The lowest BCUT2D eigenvalue weighted by Gasteiger charge is -2.06. The van der Waals surface area contributed by atoms with Crippen LogP contribution in [0.1, 0.15) is 29.9 Å². The van der Waals surface area contributed by atoms with Gasteiger partial charge in [0.15, 0.2) is 0 Å². The third kappa shape index (κ3) is 1.21. The zero-order chi connectivity index (χ0) is 10.3. The zero-order valence-corrected chi connectivity index (χ0v) is 8.78. The highest BCUT2D eigenvalue weighted by Crippen LogP contribution is 2.19. The zero-order valence-electron chi connectivity index (χ0n) is 8.78.